The molecule has 1 aliphatic heterocycles. The molecule has 1 amide bonds. The van der Waals surface area contributed by atoms with Crippen LogP contribution in [0.25, 0.3) is 0 Å². The molecule has 92 valence electrons. The molecular weight excluding hydrogens is 214 g/mol. The topological polar surface area (TPSA) is 54.0 Å². The Balaban J connectivity index is 2.07. The Morgan fingerprint density at radius 2 is 2.24 bits per heavy atom. The number of aromatic nitrogens is 1. The summed E-state index contributed by atoms with van der Waals surface area (Å²) in [6.07, 6.45) is 1.05. The minimum absolute atomic E-state index is 0.0208. The maximum atomic E-state index is 12.0. The Hall–Kier alpha value is -1.42. The van der Waals surface area contributed by atoms with Gasteiger partial charge < -0.3 is 10.6 Å². The number of aryl methyl sites for hydroxylation is 2. The average molecular weight is 233 g/mol. The molecule has 1 saturated heterocycles. The molecule has 2 unspecified atom stereocenters. The number of amides is 1. The smallest absolute Gasteiger partial charge is 0.242 e. The van der Waals surface area contributed by atoms with Crippen molar-refractivity contribution in [2.45, 2.75) is 33.2 Å². The molecule has 2 atom stereocenters. The van der Waals surface area contributed by atoms with Gasteiger partial charge >= 0.3 is 0 Å². The van der Waals surface area contributed by atoms with Crippen molar-refractivity contribution >= 4 is 11.7 Å². The number of hydrogen-bond acceptors (Lipinski definition) is 3. The zero-order chi connectivity index (χ0) is 12.4. The molecule has 4 nitrogen and oxygen atoms in total. The molecule has 2 heterocycles. The largest absolute Gasteiger partial charge is 0.309 e. The highest BCUT2D eigenvalue weighted by Crippen LogP contribution is 2.16. The number of hydrogen-bond donors (Lipinski definition) is 2. The van der Waals surface area contributed by atoms with Crippen molar-refractivity contribution in [3.05, 3.63) is 23.4 Å². The fourth-order valence-corrected chi connectivity index (χ4v) is 2.29. The Bertz CT molecular complexity index is 410. The van der Waals surface area contributed by atoms with E-state index in [2.05, 4.69) is 22.5 Å². The number of carbonyl (C=O) groups excluding carboxylic acids is 1. The van der Waals surface area contributed by atoms with Crippen LogP contribution in [0.5, 0.6) is 0 Å². The predicted molar refractivity (Wildman–Crippen MR) is 67.9 cm³/mol. The van der Waals surface area contributed by atoms with E-state index in [-0.39, 0.29) is 11.9 Å². The lowest BCUT2D eigenvalue weighted by atomic mass is 10.0. The summed E-state index contributed by atoms with van der Waals surface area (Å²) in [5.41, 5.74) is 2.04. The number of nitrogens with one attached hydrogen (secondary N) is 2. The first-order chi connectivity index (χ1) is 8.06. The molecule has 0 bridgehead atoms. The molecule has 0 aliphatic carbocycles. The molecule has 17 heavy (non-hydrogen) atoms. The zero-order valence-electron chi connectivity index (χ0n) is 10.6. The minimum atomic E-state index is -0.0855. The highest BCUT2D eigenvalue weighted by molar-refractivity contribution is 5.94. The average Bonchev–Trinajstić information content (AvgIpc) is 2.62. The maximum absolute atomic E-state index is 12.0. The van der Waals surface area contributed by atoms with Crippen LogP contribution in [0.2, 0.25) is 0 Å². The number of carbonyl (C=O) groups is 1. The number of nitrogens with zero attached hydrogens (tertiary/aromatic N) is 1. The highest BCUT2D eigenvalue weighted by atomic mass is 16.2. The van der Waals surface area contributed by atoms with Gasteiger partial charge in [-0.3, -0.25) is 4.79 Å². The highest BCUT2D eigenvalue weighted by Gasteiger charge is 2.29. The zero-order valence-corrected chi connectivity index (χ0v) is 10.6. The lowest BCUT2D eigenvalue weighted by Crippen LogP contribution is -2.39. The summed E-state index contributed by atoms with van der Waals surface area (Å²) in [6.45, 7) is 6.94. The molecule has 0 spiro atoms. The van der Waals surface area contributed by atoms with Crippen LogP contribution in [0.1, 0.15) is 24.6 Å². The van der Waals surface area contributed by atoms with E-state index in [4.69, 9.17) is 0 Å². The third kappa shape index (κ3) is 2.82. The van der Waals surface area contributed by atoms with Gasteiger partial charge in [0.15, 0.2) is 0 Å². The third-order valence-corrected chi connectivity index (χ3v) is 3.16. The van der Waals surface area contributed by atoms with Crippen LogP contribution < -0.4 is 10.6 Å². The van der Waals surface area contributed by atoms with Gasteiger partial charge in [-0.15, -0.1) is 0 Å². The van der Waals surface area contributed by atoms with Gasteiger partial charge in [0.1, 0.15) is 5.82 Å². The van der Waals surface area contributed by atoms with Crippen LogP contribution in [0.3, 0.4) is 0 Å². The van der Waals surface area contributed by atoms with E-state index >= 15 is 0 Å². The van der Waals surface area contributed by atoms with Crippen molar-refractivity contribution < 1.29 is 4.79 Å². The van der Waals surface area contributed by atoms with Crippen LogP contribution in [0.15, 0.2) is 12.1 Å². The lowest BCUT2D eigenvalue weighted by Gasteiger charge is -2.15. The van der Waals surface area contributed by atoms with Crippen LogP contribution in [0.4, 0.5) is 5.82 Å². The fourth-order valence-electron chi connectivity index (χ4n) is 2.29. The molecule has 1 aliphatic rings. The van der Waals surface area contributed by atoms with E-state index < -0.39 is 0 Å². The molecule has 1 aromatic rings. The summed E-state index contributed by atoms with van der Waals surface area (Å²) in [5, 5.41) is 6.10. The second kappa shape index (κ2) is 4.84. The first-order valence-electron chi connectivity index (χ1n) is 6.06. The summed E-state index contributed by atoms with van der Waals surface area (Å²) >= 11 is 0. The van der Waals surface area contributed by atoms with Crippen molar-refractivity contribution in [1.29, 1.82) is 0 Å². The second-order valence-electron chi connectivity index (χ2n) is 4.86. The molecule has 2 N–H and O–H groups in total. The van der Waals surface area contributed by atoms with Gasteiger partial charge in [-0.05, 0) is 50.4 Å². The van der Waals surface area contributed by atoms with Gasteiger partial charge in [0.25, 0.3) is 0 Å². The van der Waals surface area contributed by atoms with Gasteiger partial charge in [0.05, 0.1) is 6.04 Å². The first-order valence-corrected chi connectivity index (χ1v) is 6.06. The molecule has 0 aromatic carbocycles. The van der Waals surface area contributed by atoms with Gasteiger partial charge in [-0.1, -0.05) is 6.92 Å². The van der Waals surface area contributed by atoms with Gasteiger partial charge in [0, 0.05) is 5.69 Å². The molecule has 1 fully saturated rings. The SMILES string of the molecule is Cc1cc(C)nc(NC(=O)C2NCCC2C)c1. The molecule has 1 aromatic heterocycles. The van der Waals surface area contributed by atoms with Crippen molar-refractivity contribution in [1.82, 2.24) is 10.3 Å². The minimum Gasteiger partial charge on any atom is -0.309 e. The number of pyridine rings is 1. The van der Waals surface area contributed by atoms with Gasteiger partial charge in [0.2, 0.25) is 5.91 Å². The summed E-state index contributed by atoms with van der Waals surface area (Å²) in [6, 6.07) is 3.80. The predicted octanol–water partition coefficient (Wildman–Crippen LogP) is 1.63. The fraction of sp³-hybridized carbons (Fsp3) is 0.538. The van der Waals surface area contributed by atoms with Crippen LogP contribution >= 0.6 is 0 Å². The Morgan fingerprint density at radius 1 is 1.47 bits per heavy atom. The summed E-state index contributed by atoms with van der Waals surface area (Å²) in [5.74, 6) is 1.06. The van der Waals surface area contributed by atoms with E-state index in [0.717, 1.165) is 24.2 Å². The summed E-state index contributed by atoms with van der Waals surface area (Å²) in [4.78, 5) is 16.3. The third-order valence-electron chi connectivity index (χ3n) is 3.16. The van der Waals surface area contributed by atoms with E-state index in [9.17, 15) is 4.79 Å². The first kappa shape index (κ1) is 12.0. The van der Waals surface area contributed by atoms with Crippen molar-refractivity contribution in [2.24, 2.45) is 5.92 Å². The summed E-state index contributed by atoms with van der Waals surface area (Å²) < 4.78 is 0. The molecular formula is C13H19N3O. The maximum Gasteiger partial charge on any atom is 0.242 e. The molecule has 0 radical (unpaired) electrons. The van der Waals surface area contributed by atoms with Gasteiger partial charge in [-0.25, -0.2) is 4.98 Å². The summed E-state index contributed by atoms with van der Waals surface area (Å²) in [7, 11) is 0. The standard InChI is InChI=1S/C13H19N3O/c1-8-6-10(3)15-11(7-8)16-13(17)12-9(2)4-5-14-12/h6-7,9,12,14H,4-5H2,1-3H3,(H,15,16,17). The molecule has 4 heteroatoms. The number of anilines is 1. The monoisotopic (exact) mass is 233 g/mol. The van der Waals surface area contributed by atoms with E-state index in [1.165, 1.54) is 0 Å². The van der Waals surface area contributed by atoms with Crippen LogP contribution in [-0.2, 0) is 4.79 Å². The van der Waals surface area contributed by atoms with E-state index in [1.807, 2.05) is 26.0 Å². The lowest BCUT2D eigenvalue weighted by molar-refractivity contribution is -0.118. The molecule has 0 saturated carbocycles. The molecule has 2 rings (SSSR count). The quantitative estimate of drug-likeness (QED) is 0.816. The van der Waals surface area contributed by atoms with Crippen LogP contribution in [-0.4, -0.2) is 23.5 Å². The Morgan fingerprint density at radius 3 is 2.82 bits per heavy atom. The van der Waals surface area contributed by atoms with Crippen molar-refractivity contribution in [3.8, 4) is 0 Å². The number of rotatable bonds is 2. The second-order valence-corrected chi connectivity index (χ2v) is 4.86. The van der Waals surface area contributed by atoms with Crippen molar-refractivity contribution in [3.63, 3.8) is 0 Å². The van der Waals surface area contributed by atoms with Crippen molar-refractivity contribution in [2.75, 3.05) is 11.9 Å². The van der Waals surface area contributed by atoms with Crippen LogP contribution in [0, 0.1) is 19.8 Å². The normalized spacial score (nSPS) is 23.7. The Labute approximate surface area is 102 Å². The van der Waals surface area contributed by atoms with Gasteiger partial charge in [-0.2, -0.15) is 0 Å². The Kier molecular flexibility index (Phi) is 3.43. The van der Waals surface area contributed by atoms with E-state index in [0.29, 0.717) is 11.7 Å². The van der Waals surface area contributed by atoms with E-state index in [1.54, 1.807) is 0 Å².